The third-order valence-electron chi connectivity index (χ3n) is 19.6. The van der Waals surface area contributed by atoms with Crippen LogP contribution in [0.1, 0.15) is 233 Å². The maximum Gasteiger partial charge on any atom is 0.344 e. The average molecular weight is 1470 g/mol. The number of ether oxygens (including phenoxy) is 14. The molecule has 103 heavy (non-hydrogen) atoms. The lowest BCUT2D eigenvalue weighted by atomic mass is 9.45. The summed E-state index contributed by atoms with van der Waals surface area (Å²) in [6, 6.07) is 0. The molecule has 12 rings (SSSR count). The van der Waals surface area contributed by atoms with Crippen LogP contribution in [0, 0.1) is 68.5 Å². The molecule has 0 spiro atoms. The van der Waals surface area contributed by atoms with Gasteiger partial charge in [-0.05, 0) is 211 Å². The van der Waals surface area contributed by atoms with Crippen molar-refractivity contribution < 1.29 is 133 Å². The van der Waals surface area contributed by atoms with Crippen molar-refractivity contribution >= 4 is 83.6 Å². The molecule has 0 amide bonds. The van der Waals surface area contributed by atoms with E-state index in [2.05, 4.69) is 42.3 Å². The Kier molecular flexibility index (Phi) is 36.0. The van der Waals surface area contributed by atoms with Crippen LogP contribution in [0.4, 0.5) is 0 Å². The molecule has 12 fully saturated rings. The van der Waals surface area contributed by atoms with E-state index in [9.17, 15) is 67.1 Å². The molecule has 12 aliphatic rings. The van der Waals surface area contributed by atoms with Gasteiger partial charge in [0.1, 0.15) is 24.4 Å². The van der Waals surface area contributed by atoms with Gasteiger partial charge in [-0.3, -0.25) is 47.9 Å². The Morgan fingerprint density at radius 3 is 1.10 bits per heavy atom. The van der Waals surface area contributed by atoms with E-state index >= 15 is 0 Å². The molecule has 28 nitrogen and oxygen atoms in total. The van der Waals surface area contributed by atoms with Crippen LogP contribution in [0.25, 0.3) is 0 Å². The summed E-state index contributed by atoms with van der Waals surface area (Å²) in [5, 5.41) is 0. The van der Waals surface area contributed by atoms with Crippen molar-refractivity contribution in [1.29, 1.82) is 0 Å². The maximum atomic E-state index is 12.4. The quantitative estimate of drug-likeness (QED) is 0.0640. The van der Waals surface area contributed by atoms with Gasteiger partial charge < -0.3 is 66.3 Å². The minimum absolute atomic E-state index is 0.0567. The summed E-state index contributed by atoms with van der Waals surface area (Å²) < 4.78 is 68.0. The summed E-state index contributed by atoms with van der Waals surface area (Å²) in [6.45, 7) is 28.9. The van der Waals surface area contributed by atoms with Crippen LogP contribution in [0.2, 0.25) is 0 Å². The fraction of sp³-hybridized carbons (Fsp3) is 0.813. The molecule has 0 aromatic rings. The molecule has 0 aromatic carbocycles. The largest absolute Gasteiger partial charge is 0.466 e. The van der Waals surface area contributed by atoms with Crippen molar-refractivity contribution in [2.24, 2.45) is 68.5 Å². The summed E-state index contributed by atoms with van der Waals surface area (Å²) in [4.78, 5) is 153. The van der Waals surface area contributed by atoms with Gasteiger partial charge in [-0.1, -0.05) is 13.8 Å². The number of hydrogen-bond acceptors (Lipinski definition) is 28. The van der Waals surface area contributed by atoms with Crippen LogP contribution >= 0.6 is 0 Å². The van der Waals surface area contributed by atoms with E-state index < -0.39 is 53.2 Å². The van der Waals surface area contributed by atoms with E-state index in [1.807, 2.05) is 6.92 Å². The molecular formula is C75H118O28. The Hall–Kier alpha value is -7.42. The topological polar surface area (TPSA) is 368 Å². The summed E-state index contributed by atoms with van der Waals surface area (Å²) in [6.07, 6.45) is 20.1. The lowest BCUT2D eigenvalue weighted by Crippen LogP contribution is -2.59. The van der Waals surface area contributed by atoms with E-state index in [0.717, 1.165) is 56.8 Å². The maximum absolute atomic E-state index is 12.4. The second kappa shape index (κ2) is 41.3. The van der Waals surface area contributed by atoms with Crippen LogP contribution in [-0.4, -0.2) is 174 Å². The van der Waals surface area contributed by atoms with Gasteiger partial charge in [0.05, 0.1) is 56.4 Å². The van der Waals surface area contributed by atoms with E-state index in [-0.39, 0.29) is 103 Å². The van der Waals surface area contributed by atoms with Crippen LogP contribution in [0.15, 0.2) is 0 Å². The minimum atomic E-state index is -0.762. The normalized spacial score (nSPS) is 28.4. The fourth-order valence-corrected chi connectivity index (χ4v) is 17.8. The minimum Gasteiger partial charge on any atom is -0.466 e. The number of rotatable bonds is 24. The first-order valence-corrected chi connectivity index (χ1v) is 36.2. The molecule has 0 saturated heterocycles. The van der Waals surface area contributed by atoms with Gasteiger partial charge in [-0.2, -0.15) is 0 Å². The highest BCUT2D eigenvalue weighted by Gasteiger charge is 2.63. The zero-order valence-corrected chi connectivity index (χ0v) is 64.2. The first kappa shape index (κ1) is 89.8. The first-order valence-electron chi connectivity index (χ1n) is 36.2. The molecule has 12 aliphatic carbocycles. The molecule has 12 bridgehead atoms. The van der Waals surface area contributed by atoms with Crippen molar-refractivity contribution in [2.75, 3.05) is 79.3 Å². The highest BCUT2D eigenvalue weighted by Crippen LogP contribution is 2.66. The predicted octanol–water partition coefficient (Wildman–Crippen LogP) is 9.72. The van der Waals surface area contributed by atoms with Gasteiger partial charge in [0.15, 0.2) is 26.4 Å². The Morgan fingerprint density at radius 2 is 0.728 bits per heavy atom. The summed E-state index contributed by atoms with van der Waals surface area (Å²) >= 11 is 0. The van der Waals surface area contributed by atoms with E-state index in [1.54, 1.807) is 48.5 Å². The van der Waals surface area contributed by atoms with Crippen molar-refractivity contribution in [3.63, 3.8) is 0 Å². The molecule has 0 heterocycles. The molecular weight excluding hydrogens is 1350 g/mol. The summed E-state index contributed by atoms with van der Waals surface area (Å²) in [5.74, 6) is -1.68. The molecule has 7 unspecified atom stereocenters. The molecule has 28 heteroatoms. The van der Waals surface area contributed by atoms with Crippen LogP contribution in [0.5, 0.6) is 0 Å². The number of carbonyl (C=O) groups excluding carboxylic acids is 14. The molecule has 7 atom stereocenters. The smallest absolute Gasteiger partial charge is 0.344 e. The summed E-state index contributed by atoms with van der Waals surface area (Å²) in [5.41, 5.74) is -0.779. The van der Waals surface area contributed by atoms with Gasteiger partial charge in [0.25, 0.3) is 0 Å². The van der Waals surface area contributed by atoms with Gasteiger partial charge >= 0.3 is 83.6 Å². The number of hydrogen-bond donors (Lipinski definition) is 0. The number of esters is 14. The van der Waals surface area contributed by atoms with Gasteiger partial charge in [-0.15, -0.1) is 0 Å². The predicted molar refractivity (Wildman–Crippen MR) is 365 cm³/mol. The Balaban J connectivity index is 0.000000318. The van der Waals surface area contributed by atoms with Crippen LogP contribution < -0.4 is 0 Å². The van der Waals surface area contributed by atoms with E-state index in [4.69, 9.17) is 37.9 Å². The van der Waals surface area contributed by atoms with Crippen molar-refractivity contribution in [1.82, 2.24) is 0 Å². The third-order valence-corrected chi connectivity index (χ3v) is 19.6. The zero-order valence-electron chi connectivity index (χ0n) is 64.2. The van der Waals surface area contributed by atoms with Gasteiger partial charge in [0, 0.05) is 60.3 Å². The monoisotopic (exact) mass is 1470 g/mol. The number of carbonyl (C=O) groups is 14. The van der Waals surface area contributed by atoms with Crippen LogP contribution in [-0.2, 0) is 133 Å². The SMILES string of the molecule is CC(=O)OCC(=O)OC12CC3CC(CC(C)(C3)C1)C2.CC(=O)OCC(=O)OCC12CC3CC(CC(C)(C3)C1)C2.CCOC(=O)C(C)(C)COC(C)=O.CCOC(=O)C(C)COC(C)=O.CCOC(=O)C12CC3CC(CC(OC(C)=O)(C3)C1)C2.CCOC(=O)COC(C)=O.CCOC(=O)COC(C)=O. The Labute approximate surface area is 607 Å². The van der Waals surface area contributed by atoms with Gasteiger partial charge in [0.2, 0.25) is 0 Å². The molecule has 0 aliphatic heterocycles. The van der Waals surface area contributed by atoms with Crippen LogP contribution in [0.3, 0.4) is 0 Å². The molecule has 0 N–H and O–H groups in total. The fourth-order valence-electron chi connectivity index (χ4n) is 17.8. The lowest BCUT2D eigenvalue weighted by Gasteiger charge is -2.61. The van der Waals surface area contributed by atoms with Crippen molar-refractivity contribution in [3.05, 3.63) is 0 Å². The second-order valence-corrected chi connectivity index (χ2v) is 30.7. The van der Waals surface area contributed by atoms with E-state index in [1.165, 1.54) is 113 Å². The lowest BCUT2D eigenvalue weighted by molar-refractivity contribution is -0.211. The van der Waals surface area contributed by atoms with E-state index in [0.29, 0.717) is 80.6 Å². The molecule has 586 valence electrons. The highest BCUT2D eigenvalue weighted by atomic mass is 16.6. The van der Waals surface area contributed by atoms with Gasteiger partial charge in [-0.25, -0.2) is 19.2 Å². The third kappa shape index (κ3) is 31.4. The average Bonchev–Trinajstić information content (AvgIpc) is 0.741. The first-order chi connectivity index (χ1) is 48.0. The summed E-state index contributed by atoms with van der Waals surface area (Å²) in [7, 11) is 0. The molecule has 0 radical (unpaired) electrons. The Bertz CT molecular complexity index is 2840. The van der Waals surface area contributed by atoms with Crippen molar-refractivity contribution in [2.45, 2.75) is 244 Å². The van der Waals surface area contributed by atoms with Crippen molar-refractivity contribution in [3.8, 4) is 0 Å². The standard InChI is InChI=1S/C16H24O4.2C15H22O4.C9H16O4.C8H14O4.2C6H10O4/c1-11(17)19-8-14(18)20-10-16-6-12-3-13(7-16)5-15(2,4-12)9-16;1-10(16)18-8-13(17)19-15-6-11-3-12(7-15)5-14(2,4-11)9-15;1-3-18-13(17)14-5-11-4-12(6-14)8-15(7-11,9-14)19-10(2)16;1-5-12-8(11)9(3,4)6-13-7(2)10;1-4-11-8(10)6(2)5-12-7(3)9;2*1-3-9-6(8)4-10-5(2)7/h12-13H,3-10H2,1-2H3;2*11-12H,3-9H2,1-2H3;5-6H2,1-4H3;6H,4-5H2,1-3H3;2*3-4H2,1-2H3. The Morgan fingerprint density at radius 1 is 0.369 bits per heavy atom. The zero-order chi connectivity index (χ0) is 77.7. The second-order valence-electron chi connectivity index (χ2n) is 30.7. The highest BCUT2D eigenvalue weighted by molar-refractivity contribution is 5.79. The molecule has 12 saturated carbocycles. The molecule has 0 aromatic heterocycles.